The van der Waals surface area contributed by atoms with Crippen LogP contribution in [0, 0.1) is 0 Å². The van der Waals surface area contributed by atoms with Crippen molar-refractivity contribution in [1.82, 2.24) is 20.4 Å². The van der Waals surface area contributed by atoms with Gasteiger partial charge in [-0.1, -0.05) is 42.5 Å². The van der Waals surface area contributed by atoms with Crippen LogP contribution in [0.1, 0.15) is 33.7 Å². The Kier molecular flexibility index (Phi) is 8.42. The molecule has 1 amide bonds. The van der Waals surface area contributed by atoms with Crippen LogP contribution in [0.2, 0.25) is 0 Å². The van der Waals surface area contributed by atoms with Gasteiger partial charge in [0.05, 0.1) is 25.6 Å². The largest absolute Gasteiger partial charge is 0.480 e. The van der Waals surface area contributed by atoms with E-state index in [-0.39, 0.29) is 30.1 Å². The Bertz CT molecular complexity index is 1340. The summed E-state index contributed by atoms with van der Waals surface area (Å²) in [5, 5.41) is 22.2. The lowest BCUT2D eigenvalue weighted by atomic mass is 10.00. The molecule has 10 heteroatoms. The molecule has 0 aliphatic carbocycles. The lowest BCUT2D eigenvalue weighted by Crippen LogP contribution is -2.31. The van der Waals surface area contributed by atoms with Gasteiger partial charge in [-0.15, -0.1) is 10.2 Å². The summed E-state index contributed by atoms with van der Waals surface area (Å²) in [6, 6.07) is 16.1. The molecule has 10 nitrogen and oxygen atoms in total. The van der Waals surface area contributed by atoms with E-state index in [0.29, 0.717) is 25.2 Å². The Hall–Kier alpha value is -4.31. The second-order valence-corrected chi connectivity index (χ2v) is 8.62. The summed E-state index contributed by atoms with van der Waals surface area (Å²) in [6.45, 7) is 0.853. The lowest BCUT2D eigenvalue weighted by molar-refractivity contribution is -0.135. The van der Waals surface area contributed by atoms with Gasteiger partial charge in [0.1, 0.15) is 12.2 Å². The summed E-state index contributed by atoms with van der Waals surface area (Å²) < 4.78 is 10.6. The number of nitrogens with one attached hydrogen (secondary N) is 1. The van der Waals surface area contributed by atoms with Crippen LogP contribution in [0.3, 0.4) is 0 Å². The fraction of sp³-hybridized carbons (Fsp3) is 0.296. The van der Waals surface area contributed by atoms with Crippen molar-refractivity contribution < 1.29 is 24.2 Å². The highest BCUT2D eigenvalue weighted by Gasteiger charge is 2.28. The minimum atomic E-state index is -1.01. The summed E-state index contributed by atoms with van der Waals surface area (Å²) in [7, 11) is 3.08. The van der Waals surface area contributed by atoms with Crippen LogP contribution >= 0.6 is 0 Å². The topological polar surface area (TPSA) is 126 Å². The maximum Gasteiger partial charge on any atom is 0.322 e. The number of aliphatic carboxylic acids is 1. The van der Waals surface area contributed by atoms with E-state index in [1.807, 2.05) is 18.2 Å². The molecule has 192 valence electrons. The van der Waals surface area contributed by atoms with Crippen molar-refractivity contribution >= 4 is 28.9 Å². The molecule has 1 atom stereocenters. The minimum absolute atomic E-state index is 0.0226. The number of carbonyl (C=O) groups is 2. The number of methoxy groups -OCH3 is 2. The summed E-state index contributed by atoms with van der Waals surface area (Å²) >= 11 is 0. The summed E-state index contributed by atoms with van der Waals surface area (Å²) in [4.78, 5) is 29.9. The van der Waals surface area contributed by atoms with E-state index in [0.717, 1.165) is 28.3 Å². The number of nitrogens with zero attached hydrogens (tertiary/aromatic N) is 4. The van der Waals surface area contributed by atoms with Crippen LogP contribution < -0.4 is 5.32 Å². The van der Waals surface area contributed by atoms with Crippen LogP contribution in [0.4, 0.5) is 0 Å². The molecule has 0 radical (unpaired) electrons. The highest BCUT2D eigenvalue weighted by Crippen LogP contribution is 2.21. The molecule has 2 N–H and O–H groups in total. The van der Waals surface area contributed by atoms with E-state index in [1.165, 1.54) is 19.5 Å². The number of ether oxygens (including phenoxy) is 2. The zero-order valence-electron chi connectivity index (χ0n) is 20.8. The van der Waals surface area contributed by atoms with E-state index < -0.39 is 5.97 Å². The van der Waals surface area contributed by atoms with Crippen LogP contribution in [-0.2, 0) is 20.7 Å². The Morgan fingerprint density at radius 2 is 1.97 bits per heavy atom. The van der Waals surface area contributed by atoms with Crippen molar-refractivity contribution in [2.24, 2.45) is 4.99 Å². The first-order valence-electron chi connectivity index (χ1n) is 11.9. The first-order chi connectivity index (χ1) is 18.0. The van der Waals surface area contributed by atoms with Gasteiger partial charge in [0.15, 0.2) is 5.69 Å². The maximum absolute atomic E-state index is 13.1. The van der Waals surface area contributed by atoms with Crippen molar-refractivity contribution in [1.29, 1.82) is 0 Å². The van der Waals surface area contributed by atoms with E-state index >= 15 is 0 Å². The van der Waals surface area contributed by atoms with E-state index in [4.69, 9.17) is 14.6 Å². The predicted octanol–water partition coefficient (Wildman–Crippen LogP) is 2.62. The third kappa shape index (κ3) is 6.68. The average molecular weight is 504 g/mol. The Balaban J connectivity index is 1.64. The number of likely N-dealkylation sites (tertiary alicyclic amines) is 1. The van der Waals surface area contributed by atoms with E-state index in [1.54, 1.807) is 18.1 Å². The molecule has 4 rings (SSSR count). The number of benzene rings is 2. The fourth-order valence-corrected chi connectivity index (χ4v) is 4.13. The van der Waals surface area contributed by atoms with Crippen LogP contribution in [0.5, 0.6) is 0 Å². The zero-order chi connectivity index (χ0) is 26.2. The van der Waals surface area contributed by atoms with Crippen LogP contribution in [0.15, 0.2) is 65.6 Å². The highest BCUT2D eigenvalue weighted by atomic mass is 16.5. The SMILES string of the molecule is COC(=CNCC(=O)O)N=Cc1nnc(C(=O)N2CCC(OC)C2)cc1Cc1ccc2ccccc2c1. The third-order valence-corrected chi connectivity index (χ3v) is 6.10. The van der Waals surface area contributed by atoms with Crippen molar-refractivity contribution in [3.8, 4) is 0 Å². The van der Waals surface area contributed by atoms with Crippen molar-refractivity contribution in [2.75, 3.05) is 33.9 Å². The van der Waals surface area contributed by atoms with Gasteiger partial charge in [0.25, 0.3) is 5.91 Å². The molecule has 37 heavy (non-hydrogen) atoms. The predicted molar refractivity (Wildman–Crippen MR) is 138 cm³/mol. The zero-order valence-corrected chi connectivity index (χ0v) is 20.8. The molecule has 1 saturated heterocycles. The first-order valence-corrected chi connectivity index (χ1v) is 11.9. The molecule has 3 aromatic rings. The molecule has 1 fully saturated rings. The summed E-state index contributed by atoms with van der Waals surface area (Å²) in [6.07, 6.45) is 4.16. The van der Waals surface area contributed by atoms with Crippen molar-refractivity contribution in [3.63, 3.8) is 0 Å². The van der Waals surface area contributed by atoms with Crippen LogP contribution in [0.25, 0.3) is 10.8 Å². The third-order valence-electron chi connectivity index (χ3n) is 6.10. The normalized spacial score (nSPS) is 15.9. The molecule has 1 unspecified atom stereocenters. The minimum Gasteiger partial charge on any atom is -0.480 e. The maximum atomic E-state index is 13.1. The number of rotatable bonds is 10. The summed E-state index contributed by atoms with van der Waals surface area (Å²) in [5.74, 6) is -1.03. The van der Waals surface area contributed by atoms with Gasteiger partial charge < -0.3 is 24.8 Å². The van der Waals surface area contributed by atoms with Gasteiger partial charge in [0.2, 0.25) is 5.88 Å². The van der Waals surface area contributed by atoms with Crippen LogP contribution in [-0.4, -0.2) is 78.3 Å². The van der Waals surface area contributed by atoms with Gasteiger partial charge in [-0.05, 0) is 40.8 Å². The smallest absolute Gasteiger partial charge is 0.322 e. The molecule has 0 saturated carbocycles. The molecule has 0 spiro atoms. The van der Waals surface area contributed by atoms with Gasteiger partial charge >= 0.3 is 5.97 Å². The van der Waals surface area contributed by atoms with Crippen molar-refractivity contribution in [2.45, 2.75) is 18.9 Å². The number of fused-ring (bicyclic) bond motifs is 1. The monoisotopic (exact) mass is 503 g/mol. The van der Waals surface area contributed by atoms with Gasteiger partial charge in [-0.25, -0.2) is 4.99 Å². The van der Waals surface area contributed by atoms with E-state index in [9.17, 15) is 9.59 Å². The molecular weight excluding hydrogens is 474 g/mol. The first kappa shape index (κ1) is 25.8. The number of hydrogen-bond acceptors (Lipinski definition) is 8. The van der Waals surface area contributed by atoms with Crippen molar-refractivity contribution in [3.05, 3.63) is 83.1 Å². The lowest BCUT2D eigenvalue weighted by Gasteiger charge is -2.16. The quantitative estimate of drug-likeness (QED) is 0.319. The molecule has 1 aromatic heterocycles. The number of carboxylic acids is 1. The average Bonchev–Trinajstić information content (AvgIpc) is 3.40. The standard InChI is InChI=1S/C27H29N5O5/c1-36-22-9-10-32(17-22)27(35)23-13-21(12-18-7-8-19-5-3-4-6-20(19)11-18)24(31-30-23)14-29-25(37-2)15-28-16-26(33)34/h3-8,11,13-15,22,28H,9-10,12,16-17H2,1-2H3,(H,33,34). The number of aliphatic imine (C=N–C) groups is 1. The molecule has 1 aliphatic rings. The Labute approximate surface area is 214 Å². The molecule has 1 aliphatic heterocycles. The van der Waals surface area contributed by atoms with E-state index in [2.05, 4.69) is 44.8 Å². The number of carbonyl (C=O) groups excluding carboxylic acids is 1. The molecule has 0 bridgehead atoms. The number of carboxylic acid groups (broad SMARTS) is 1. The second-order valence-electron chi connectivity index (χ2n) is 8.62. The number of aromatic nitrogens is 2. The second kappa shape index (κ2) is 12.1. The molecule has 2 aromatic carbocycles. The number of amides is 1. The summed E-state index contributed by atoms with van der Waals surface area (Å²) in [5.41, 5.74) is 2.55. The molecule has 2 heterocycles. The van der Waals surface area contributed by atoms with Gasteiger partial charge in [-0.2, -0.15) is 0 Å². The van der Waals surface area contributed by atoms with Gasteiger partial charge in [-0.3, -0.25) is 9.59 Å². The van der Waals surface area contributed by atoms with Gasteiger partial charge in [0, 0.05) is 20.2 Å². The fourth-order valence-electron chi connectivity index (χ4n) is 4.13. The highest BCUT2D eigenvalue weighted by molar-refractivity contribution is 5.93. The molecular formula is C27H29N5O5. The Morgan fingerprint density at radius 1 is 1.16 bits per heavy atom. The number of hydrogen-bond donors (Lipinski definition) is 2. The Morgan fingerprint density at radius 3 is 2.70 bits per heavy atom.